The molecule has 0 radical (unpaired) electrons. The molecule has 0 spiro atoms. The Kier molecular flexibility index (Phi) is 16.7. The maximum absolute atomic E-state index is 11.9. The molecule has 2 fully saturated rings. The van der Waals surface area contributed by atoms with E-state index < -0.39 is 29.8 Å². The molecule has 2 atom stereocenters. The van der Waals surface area contributed by atoms with Crippen molar-refractivity contribution in [1.29, 1.82) is 0 Å². The summed E-state index contributed by atoms with van der Waals surface area (Å²) in [6, 6.07) is 25.4. The average Bonchev–Trinajstić information content (AvgIpc) is 4.12. The molecule has 67 heavy (non-hydrogen) atoms. The van der Waals surface area contributed by atoms with Crippen molar-refractivity contribution in [3.8, 4) is 23.1 Å². The fourth-order valence-corrected chi connectivity index (χ4v) is 13.5. The quantitative estimate of drug-likeness (QED) is 0.0581. The Balaban J connectivity index is 0.000000153. The number of nitrogens with zero attached hydrogens (tertiary/aromatic N) is 6. The molecule has 0 saturated carbocycles. The van der Waals surface area contributed by atoms with E-state index in [1.165, 1.54) is 12.1 Å². The molecule has 2 saturated heterocycles. The van der Waals surface area contributed by atoms with E-state index in [9.17, 15) is 30.4 Å². The van der Waals surface area contributed by atoms with Gasteiger partial charge in [0.2, 0.25) is 0 Å². The number of thioether (sulfide) groups is 2. The van der Waals surface area contributed by atoms with Crippen LogP contribution in [0.25, 0.3) is 33.4 Å². The van der Waals surface area contributed by atoms with Crippen LogP contribution in [0.2, 0.25) is 0 Å². The lowest BCUT2D eigenvalue weighted by atomic mass is 10.1. The van der Waals surface area contributed by atoms with Gasteiger partial charge in [0, 0.05) is 53.0 Å². The third-order valence-electron chi connectivity index (χ3n) is 10.9. The second-order valence-corrected chi connectivity index (χ2v) is 24.5. The van der Waals surface area contributed by atoms with Gasteiger partial charge in [-0.15, -0.1) is 0 Å². The van der Waals surface area contributed by atoms with Gasteiger partial charge >= 0.3 is 0 Å². The molecule has 1 N–H and O–H groups in total. The molecule has 0 bridgehead atoms. The highest BCUT2D eigenvalue weighted by molar-refractivity contribution is 7.99. The smallest absolute Gasteiger partial charge is 0.296 e. The van der Waals surface area contributed by atoms with Crippen molar-refractivity contribution < 1.29 is 39.3 Å². The fourth-order valence-electron chi connectivity index (χ4n) is 7.45. The Morgan fingerprint density at radius 2 is 1.21 bits per heavy atom. The second-order valence-electron chi connectivity index (χ2n) is 16.3. The number of aryl methyl sites for hydroxylation is 1. The minimum atomic E-state index is -3.80. The van der Waals surface area contributed by atoms with E-state index in [4.69, 9.17) is 8.92 Å². The van der Waals surface area contributed by atoms with Crippen LogP contribution in [0.1, 0.15) is 45.1 Å². The lowest BCUT2D eigenvalue weighted by Gasteiger charge is -2.12. The number of aromatic nitrogens is 6. The van der Waals surface area contributed by atoms with Crippen LogP contribution in [0.15, 0.2) is 125 Å². The number of sulfone groups is 2. The van der Waals surface area contributed by atoms with Gasteiger partial charge in [0.15, 0.2) is 30.0 Å². The van der Waals surface area contributed by atoms with E-state index >= 15 is 0 Å². The minimum Gasteiger partial charge on any atom is -0.507 e. The average molecular weight is 1010 g/mol. The summed E-state index contributed by atoms with van der Waals surface area (Å²) in [5.74, 6) is 5.17. The summed E-state index contributed by atoms with van der Waals surface area (Å²) in [4.78, 5) is 17.9. The summed E-state index contributed by atoms with van der Waals surface area (Å²) < 4.78 is 84.5. The second kappa shape index (κ2) is 22.4. The molecule has 9 rings (SSSR count). The SMILES string of the molecule is CCCSc1nccc(-n2ccc3c(O)cccc32)n1.CCCSc1nccc(-n2ccc3c(OCC4CCS(=O)(=O)C4)cccc32)n1.Cc1ccc(S(=O)(=O)OCC2CCS(=O)(=O)C2)cc1. The van der Waals surface area contributed by atoms with E-state index in [1.807, 2.05) is 83.0 Å². The molecule has 0 aliphatic carbocycles. The molecular weight excluding hydrogens is 953 g/mol. The Bertz CT molecular complexity index is 3130. The van der Waals surface area contributed by atoms with Crippen LogP contribution in [0.4, 0.5) is 0 Å². The summed E-state index contributed by atoms with van der Waals surface area (Å²) >= 11 is 3.31. The van der Waals surface area contributed by atoms with Crippen molar-refractivity contribution in [3.63, 3.8) is 0 Å². The largest absolute Gasteiger partial charge is 0.507 e. The van der Waals surface area contributed by atoms with Crippen LogP contribution >= 0.6 is 23.5 Å². The third kappa shape index (κ3) is 13.4. The van der Waals surface area contributed by atoms with Crippen LogP contribution < -0.4 is 4.74 Å². The molecular formula is C47H54N6O9S5. The van der Waals surface area contributed by atoms with Gasteiger partial charge in [0.1, 0.15) is 23.1 Å². The van der Waals surface area contributed by atoms with Crippen molar-refractivity contribution >= 4 is 75.1 Å². The lowest BCUT2D eigenvalue weighted by Crippen LogP contribution is -2.16. The molecule has 2 aliphatic rings. The third-order valence-corrected chi connectivity index (χ3v) is 18.0. The topological polar surface area (TPSA) is 203 Å². The van der Waals surface area contributed by atoms with Crippen LogP contribution in [0.5, 0.6) is 11.5 Å². The summed E-state index contributed by atoms with van der Waals surface area (Å²) in [5.41, 5.74) is 2.90. The van der Waals surface area contributed by atoms with Crippen LogP contribution in [-0.2, 0) is 34.0 Å². The zero-order valence-electron chi connectivity index (χ0n) is 37.5. The van der Waals surface area contributed by atoms with Gasteiger partial charge in [-0.05, 0) is 99.2 Å². The maximum atomic E-state index is 11.9. The first-order valence-corrected chi connectivity index (χ1v) is 29.0. The van der Waals surface area contributed by atoms with Crippen molar-refractivity contribution in [1.82, 2.24) is 29.1 Å². The molecule has 3 aromatic carbocycles. The van der Waals surface area contributed by atoms with Gasteiger partial charge in [-0.2, -0.15) is 8.42 Å². The van der Waals surface area contributed by atoms with E-state index in [0.717, 1.165) is 79.4 Å². The molecule has 0 amide bonds. The zero-order valence-corrected chi connectivity index (χ0v) is 41.6. The highest BCUT2D eigenvalue weighted by Gasteiger charge is 2.30. The maximum Gasteiger partial charge on any atom is 0.296 e. The number of phenolic OH excluding ortho intramolecular Hbond substituents is 1. The predicted molar refractivity (Wildman–Crippen MR) is 265 cm³/mol. The van der Waals surface area contributed by atoms with E-state index in [0.29, 0.717) is 19.4 Å². The molecule has 15 nitrogen and oxygen atoms in total. The predicted octanol–water partition coefficient (Wildman–Crippen LogP) is 8.50. The first kappa shape index (κ1) is 49.9. The Morgan fingerprint density at radius 1 is 0.687 bits per heavy atom. The highest BCUT2D eigenvalue weighted by atomic mass is 32.2. The highest BCUT2D eigenvalue weighted by Crippen LogP contribution is 2.31. The van der Waals surface area contributed by atoms with Crippen LogP contribution in [-0.4, -0.2) is 107 Å². The van der Waals surface area contributed by atoms with Crippen molar-refractivity contribution in [2.75, 3.05) is 47.7 Å². The van der Waals surface area contributed by atoms with Gasteiger partial charge in [0.25, 0.3) is 10.1 Å². The number of phenols is 1. The first-order chi connectivity index (χ1) is 32.1. The molecule has 7 aromatic rings. The molecule has 20 heteroatoms. The zero-order chi connectivity index (χ0) is 47.6. The number of aromatic hydroxyl groups is 1. The summed E-state index contributed by atoms with van der Waals surface area (Å²) in [6.07, 6.45) is 10.8. The number of ether oxygens (including phenoxy) is 1. The number of hydrogen-bond acceptors (Lipinski definition) is 15. The molecule has 6 heterocycles. The monoisotopic (exact) mass is 1010 g/mol. The number of rotatable bonds is 15. The van der Waals surface area contributed by atoms with Gasteiger partial charge in [0.05, 0.1) is 52.2 Å². The van der Waals surface area contributed by atoms with E-state index in [2.05, 4.69) is 33.8 Å². The normalized spacial score (nSPS) is 17.4. The molecule has 2 aliphatic heterocycles. The molecule has 4 aromatic heterocycles. The van der Waals surface area contributed by atoms with Gasteiger partial charge in [-0.25, -0.2) is 36.8 Å². The number of benzene rings is 3. The van der Waals surface area contributed by atoms with Gasteiger partial charge in [-0.3, -0.25) is 4.18 Å². The summed E-state index contributed by atoms with van der Waals surface area (Å²) in [5, 5.41) is 13.2. The molecule has 2 unspecified atom stereocenters. The van der Waals surface area contributed by atoms with Gasteiger partial charge < -0.3 is 19.0 Å². The Labute approximate surface area is 400 Å². The summed E-state index contributed by atoms with van der Waals surface area (Å²) in [7, 11) is -9.69. The van der Waals surface area contributed by atoms with Gasteiger partial charge in [-0.1, -0.05) is 67.2 Å². The van der Waals surface area contributed by atoms with Crippen molar-refractivity contribution in [3.05, 3.63) is 115 Å². The standard InChI is InChI=1S/C20H23N3O3S2.C15H15N3OS.C12H16O5S2/c1-2-11-27-20-21-9-6-19(22-20)23-10-7-16-17(23)4-3-5-18(16)26-13-15-8-12-28(24,25)14-15;1-2-10-20-15-16-8-6-14(17-15)18-9-7-11-12(18)4-3-5-13(11)19;1-10-2-4-12(5-3-10)19(15,16)17-8-11-6-7-18(13,14)9-11/h3-7,9-10,15H,2,8,11-14H2,1H3;3-9,19H,2,10H2,1H3;2-5,11H,6-9H2,1H3. The molecule has 356 valence electrons. The van der Waals surface area contributed by atoms with Crippen LogP contribution in [0, 0.1) is 18.8 Å². The Hall–Kier alpha value is -4.99. The number of fused-ring (bicyclic) bond motifs is 2. The summed E-state index contributed by atoms with van der Waals surface area (Å²) in [6.45, 7) is 6.49. The number of hydrogen-bond donors (Lipinski definition) is 1. The first-order valence-electron chi connectivity index (χ1n) is 21.9. The lowest BCUT2D eigenvalue weighted by molar-refractivity contribution is 0.266. The van der Waals surface area contributed by atoms with Crippen LogP contribution in [0.3, 0.4) is 0 Å². The Morgan fingerprint density at radius 3 is 1.75 bits per heavy atom. The van der Waals surface area contributed by atoms with E-state index in [1.54, 1.807) is 54.1 Å². The van der Waals surface area contributed by atoms with E-state index in [-0.39, 0.29) is 52.1 Å². The fraction of sp³-hybridized carbons (Fsp3) is 0.362. The van der Waals surface area contributed by atoms with Crippen molar-refractivity contribution in [2.45, 2.75) is 61.7 Å². The minimum absolute atomic E-state index is 0.0103. The van der Waals surface area contributed by atoms with Crippen molar-refractivity contribution in [2.24, 2.45) is 11.8 Å².